The van der Waals surface area contributed by atoms with Gasteiger partial charge in [-0.05, 0) is 38.5 Å². The second-order valence-electron chi connectivity index (χ2n) is 3.43. The molecular formula is C12H17ClO3. The molecule has 0 aliphatic carbocycles. The second-order valence-corrected chi connectivity index (χ2v) is 3.84. The molecule has 0 atom stereocenters. The van der Waals surface area contributed by atoms with Crippen molar-refractivity contribution in [3.8, 4) is 5.75 Å². The Hall–Kier alpha value is -1.22. The van der Waals surface area contributed by atoms with E-state index in [1.807, 2.05) is 39.0 Å². The Morgan fingerprint density at radius 3 is 2.38 bits per heavy atom. The number of ether oxygens (including phenoxy) is 2. The minimum Gasteiger partial charge on any atom is -0.489 e. The maximum absolute atomic E-state index is 8.95. The standard InChI is InChI=1S/C10H13ClO.C2H4O2/c1-7(2)12-10-6-8(3)4-5-9(10)11;1-4-2-3/h4-7H,1-3H3;2H,1H3. The van der Waals surface area contributed by atoms with Gasteiger partial charge in [0.05, 0.1) is 18.2 Å². The summed E-state index contributed by atoms with van der Waals surface area (Å²) < 4.78 is 9.35. The summed E-state index contributed by atoms with van der Waals surface area (Å²) in [6.45, 7) is 6.36. The van der Waals surface area contributed by atoms with Crippen LogP contribution in [0.5, 0.6) is 5.75 Å². The van der Waals surface area contributed by atoms with E-state index in [-0.39, 0.29) is 6.10 Å². The molecular weight excluding hydrogens is 228 g/mol. The van der Waals surface area contributed by atoms with Crippen molar-refractivity contribution in [3.05, 3.63) is 28.8 Å². The van der Waals surface area contributed by atoms with E-state index in [2.05, 4.69) is 4.74 Å². The van der Waals surface area contributed by atoms with Crippen molar-refractivity contribution in [2.75, 3.05) is 7.11 Å². The lowest BCUT2D eigenvalue weighted by molar-refractivity contribution is -0.126. The van der Waals surface area contributed by atoms with E-state index in [0.717, 1.165) is 11.3 Å². The summed E-state index contributed by atoms with van der Waals surface area (Å²) in [6.07, 6.45) is 0.171. The van der Waals surface area contributed by atoms with Gasteiger partial charge < -0.3 is 9.47 Å². The number of aryl methyl sites for hydroxylation is 1. The van der Waals surface area contributed by atoms with Crippen LogP contribution in [0.15, 0.2) is 18.2 Å². The Morgan fingerprint density at radius 1 is 1.38 bits per heavy atom. The van der Waals surface area contributed by atoms with Gasteiger partial charge in [-0.3, -0.25) is 4.79 Å². The van der Waals surface area contributed by atoms with Crippen molar-refractivity contribution in [1.29, 1.82) is 0 Å². The fourth-order valence-corrected chi connectivity index (χ4v) is 1.12. The molecule has 16 heavy (non-hydrogen) atoms. The molecule has 1 rings (SSSR count). The van der Waals surface area contributed by atoms with Crippen molar-refractivity contribution in [2.45, 2.75) is 26.9 Å². The van der Waals surface area contributed by atoms with E-state index in [1.165, 1.54) is 7.11 Å². The predicted octanol–water partition coefficient (Wildman–Crippen LogP) is 3.22. The number of carbonyl (C=O) groups is 1. The zero-order valence-corrected chi connectivity index (χ0v) is 10.7. The molecule has 0 spiro atoms. The first-order chi connectivity index (χ1) is 7.51. The van der Waals surface area contributed by atoms with E-state index in [9.17, 15) is 0 Å². The Morgan fingerprint density at radius 2 is 1.94 bits per heavy atom. The van der Waals surface area contributed by atoms with E-state index in [1.54, 1.807) is 0 Å². The molecule has 0 radical (unpaired) electrons. The molecule has 0 fully saturated rings. The molecule has 0 aromatic heterocycles. The van der Waals surface area contributed by atoms with Crippen LogP contribution < -0.4 is 4.74 Å². The number of carbonyl (C=O) groups excluding carboxylic acids is 1. The van der Waals surface area contributed by atoms with Crippen LogP contribution in [0, 0.1) is 6.92 Å². The lowest BCUT2D eigenvalue weighted by Gasteiger charge is -2.11. The monoisotopic (exact) mass is 244 g/mol. The zero-order valence-electron chi connectivity index (χ0n) is 9.99. The van der Waals surface area contributed by atoms with E-state index < -0.39 is 0 Å². The normalized spacial score (nSPS) is 9.12. The van der Waals surface area contributed by atoms with E-state index in [0.29, 0.717) is 11.5 Å². The minimum absolute atomic E-state index is 0.171. The van der Waals surface area contributed by atoms with Gasteiger partial charge in [-0.1, -0.05) is 17.7 Å². The molecule has 0 bridgehead atoms. The van der Waals surface area contributed by atoms with Gasteiger partial charge in [0.15, 0.2) is 0 Å². The van der Waals surface area contributed by atoms with E-state index in [4.69, 9.17) is 21.1 Å². The van der Waals surface area contributed by atoms with Crippen molar-refractivity contribution in [1.82, 2.24) is 0 Å². The fourth-order valence-electron chi connectivity index (χ4n) is 0.955. The Labute approximate surface area is 101 Å². The third-order valence-electron chi connectivity index (χ3n) is 1.55. The van der Waals surface area contributed by atoms with Crippen molar-refractivity contribution in [2.24, 2.45) is 0 Å². The quantitative estimate of drug-likeness (QED) is 0.766. The fraction of sp³-hybridized carbons (Fsp3) is 0.417. The molecule has 1 aromatic rings. The highest BCUT2D eigenvalue weighted by atomic mass is 35.5. The molecule has 0 unspecified atom stereocenters. The minimum atomic E-state index is 0.171. The van der Waals surface area contributed by atoms with E-state index >= 15 is 0 Å². The first-order valence-corrected chi connectivity index (χ1v) is 5.28. The number of methoxy groups -OCH3 is 1. The molecule has 0 heterocycles. The topological polar surface area (TPSA) is 35.5 Å². The number of halogens is 1. The first kappa shape index (κ1) is 14.8. The highest BCUT2D eigenvalue weighted by molar-refractivity contribution is 6.32. The lowest BCUT2D eigenvalue weighted by Crippen LogP contribution is -2.05. The van der Waals surface area contributed by atoms with Crippen LogP contribution in [-0.2, 0) is 9.53 Å². The summed E-state index contributed by atoms with van der Waals surface area (Å²) in [6, 6.07) is 5.77. The summed E-state index contributed by atoms with van der Waals surface area (Å²) in [5, 5.41) is 0.675. The van der Waals surface area contributed by atoms with Gasteiger partial charge in [-0.2, -0.15) is 0 Å². The molecule has 0 aliphatic heterocycles. The Balaban J connectivity index is 0.000000487. The maximum Gasteiger partial charge on any atom is 0.292 e. The highest BCUT2D eigenvalue weighted by Crippen LogP contribution is 2.25. The molecule has 3 nitrogen and oxygen atoms in total. The van der Waals surface area contributed by atoms with Crippen LogP contribution in [0.25, 0.3) is 0 Å². The number of hydrogen-bond donors (Lipinski definition) is 0. The van der Waals surface area contributed by atoms with Crippen molar-refractivity contribution in [3.63, 3.8) is 0 Å². The SMILES string of the molecule is COC=O.Cc1ccc(Cl)c(OC(C)C)c1. The van der Waals surface area contributed by atoms with Gasteiger partial charge in [-0.15, -0.1) is 0 Å². The number of benzene rings is 1. The van der Waals surface area contributed by atoms with Gasteiger partial charge >= 0.3 is 0 Å². The predicted molar refractivity (Wildman–Crippen MR) is 65.0 cm³/mol. The summed E-state index contributed by atoms with van der Waals surface area (Å²) in [5.41, 5.74) is 1.16. The largest absolute Gasteiger partial charge is 0.489 e. The Bertz CT molecular complexity index is 324. The molecule has 0 saturated carbocycles. The third kappa shape index (κ3) is 6.30. The summed E-state index contributed by atoms with van der Waals surface area (Å²) >= 11 is 5.92. The van der Waals surface area contributed by atoms with Gasteiger partial charge in [-0.25, -0.2) is 0 Å². The van der Waals surface area contributed by atoms with Crippen LogP contribution in [-0.4, -0.2) is 19.7 Å². The van der Waals surface area contributed by atoms with Crippen LogP contribution in [0.4, 0.5) is 0 Å². The summed E-state index contributed by atoms with van der Waals surface area (Å²) in [7, 11) is 1.31. The molecule has 4 heteroatoms. The molecule has 0 saturated heterocycles. The molecule has 90 valence electrons. The number of hydrogen-bond acceptors (Lipinski definition) is 3. The average molecular weight is 245 g/mol. The van der Waals surface area contributed by atoms with Crippen LogP contribution in [0.2, 0.25) is 5.02 Å². The van der Waals surface area contributed by atoms with Crippen LogP contribution in [0.3, 0.4) is 0 Å². The van der Waals surface area contributed by atoms with Gasteiger partial charge in [0.1, 0.15) is 5.75 Å². The van der Waals surface area contributed by atoms with Crippen molar-refractivity contribution >= 4 is 18.1 Å². The zero-order chi connectivity index (χ0) is 12.6. The smallest absolute Gasteiger partial charge is 0.292 e. The molecule has 0 N–H and O–H groups in total. The second kappa shape index (κ2) is 7.99. The van der Waals surface area contributed by atoms with Gasteiger partial charge in [0, 0.05) is 0 Å². The summed E-state index contributed by atoms with van der Waals surface area (Å²) in [5.74, 6) is 0.770. The highest BCUT2D eigenvalue weighted by Gasteiger charge is 2.02. The number of rotatable bonds is 3. The molecule has 0 aliphatic rings. The van der Waals surface area contributed by atoms with Crippen molar-refractivity contribution < 1.29 is 14.3 Å². The van der Waals surface area contributed by atoms with Gasteiger partial charge in [0.25, 0.3) is 6.47 Å². The van der Waals surface area contributed by atoms with Crippen LogP contribution in [0.1, 0.15) is 19.4 Å². The molecule has 1 aromatic carbocycles. The average Bonchev–Trinajstić information content (AvgIpc) is 2.23. The first-order valence-electron chi connectivity index (χ1n) is 4.90. The lowest BCUT2D eigenvalue weighted by atomic mass is 10.2. The Kier molecular flexibility index (Phi) is 7.38. The maximum atomic E-state index is 8.95. The molecule has 0 amide bonds. The third-order valence-corrected chi connectivity index (χ3v) is 1.86. The summed E-state index contributed by atoms with van der Waals surface area (Å²) in [4.78, 5) is 8.95. The van der Waals surface area contributed by atoms with Gasteiger partial charge in [0.2, 0.25) is 0 Å². The van der Waals surface area contributed by atoms with Crippen LogP contribution >= 0.6 is 11.6 Å².